The van der Waals surface area contributed by atoms with Crippen molar-refractivity contribution in [1.29, 1.82) is 0 Å². The van der Waals surface area contributed by atoms with Gasteiger partial charge in [-0.3, -0.25) is 15.2 Å². The van der Waals surface area contributed by atoms with E-state index in [1.807, 2.05) is 31.2 Å². The van der Waals surface area contributed by atoms with E-state index in [4.69, 9.17) is 5.73 Å². The van der Waals surface area contributed by atoms with E-state index in [0.29, 0.717) is 12.2 Å². The fraction of sp³-hybridized carbons (Fsp3) is 0.300. The first-order chi connectivity index (χ1) is 6.68. The van der Waals surface area contributed by atoms with Crippen molar-refractivity contribution in [2.75, 3.05) is 17.3 Å². The first kappa shape index (κ1) is 8.87. The highest BCUT2D eigenvalue weighted by molar-refractivity contribution is 5.85. The summed E-state index contributed by atoms with van der Waals surface area (Å²) in [5.74, 6) is 0.0721. The van der Waals surface area contributed by atoms with Crippen molar-refractivity contribution in [2.45, 2.75) is 6.92 Å². The summed E-state index contributed by atoms with van der Waals surface area (Å²) in [6, 6.07) is 7.50. The van der Waals surface area contributed by atoms with Gasteiger partial charge in [0.2, 0.25) is 5.91 Å². The Labute approximate surface area is 82.7 Å². The molecule has 0 spiro atoms. The number of hydrogen-bond acceptors (Lipinski definition) is 3. The Kier molecular flexibility index (Phi) is 2.04. The number of rotatable bonds is 1. The van der Waals surface area contributed by atoms with Crippen molar-refractivity contribution in [3.63, 3.8) is 0 Å². The number of anilines is 2. The molecule has 1 aromatic carbocycles. The molecule has 1 amide bonds. The number of hydrazine groups is 1. The third-order valence-corrected chi connectivity index (χ3v) is 2.38. The van der Waals surface area contributed by atoms with Crippen LogP contribution in [-0.2, 0) is 4.79 Å². The minimum atomic E-state index is 0.0228. The topological polar surface area (TPSA) is 58.4 Å². The van der Waals surface area contributed by atoms with Crippen molar-refractivity contribution < 1.29 is 4.79 Å². The molecule has 1 fully saturated rings. The molecule has 4 nitrogen and oxygen atoms in total. The molecule has 14 heavy (non-hydrogen) atoms. The van der Waals surface area contributed by atoms with Gasteiger partial charge in [-0.1, -0.05) is 19.1 Å². The molecule has 1 aromatic rings. The van der Waals surface area contributed by atoms with Crippen molar-refractivity contribution in [1.82, 2.24) is 5.43 Å². The maximum absolute atomic E-state index is 11.3. The average molecular weight is 191 g/mol. The number of nitrogens with one attached hydrogen (secondary N) is 1. The van der Waals surface area contributed by atoms with E-state index in [9.17, 15) is 4.79 Å². The van der Waals surface area contributed by atoms with Crippen LogP contribution < -0.4 is 16.2 Å². The fourth-order valence-electron chi connectivity index (χ4n) is 1.54. The van der Waals surface area contributed by atoms with E-state index in [0.717, 1.165) is 5.69 Å². The van der Waals surface area contributed by atoms with Gasteiger partial charge >= 0.3 is 0 Å². The average Bonchev–Trinajstić information content (AvgIpc) is 2.48. The molecule has 1 aliphatic rings. The highest BCUT2D eigenvalue weighted by atomic mass is 16.2. The van der Waals surface area contributed by atoms with Gasteiger partial charge in [0.15, 0.2) is 0 Å². The van der Waals surface area contributed by atoms with E-state index < -0.39 is 0 Å². The van der Waals surface area contributed by atoms with Crippen molar-refractivity contribution in [3.05, 3.63) is 24.3 Å². The first-order valence-electron chi connectivity index (χ1n) is 4.61. The second-order valence-electron chi connectivity index (χ2n) is 3.55. The number of nitrogens with two attached hydrogens (primary N) is 1. The zero-order valence-corrected chi connectivity index (χ0v) is 8.03. The van der Waals surface area contributed by atoms with E-state index in [1.54, 1.807) is 5.01 Å². The molecule has 1 heterocycles. The van der Waals surface area contributed by atoms with Crippen molar-refractivity contribution in [3.8, 4) is 0 Å². The molecular weight excluding hydrogens is 178 g/mol. The predicted molar refractivity (Wildman–Crippen MR) is 55.5 cm³/mol. The highest BCUT2D eigenvalue weighted by Crippen LogP contribution is 2.24. The molecule has 0 bridgehead atoms. The largest absolute Gasteiger partial charge is 0.397 e. The Morgan fingerprint density at radius 1 is 1.50 bits per heavy atom. The summed E-state index contributed by atoms with van der Waals surface area (Å²) in [6.45, 7) is 2.57. The van der Waals surface area contributed by atoms with Crippen LogP contribution >= 0.6 is 0 Å². The molecule has 74 valence electrons. The van der Waals surface area contributed by atoms with Crippen LogP contribution in [0.4, 0.5) is 11.4 Å². The zero-order valence-electron chi connectivity index (χ0n) is 8.03. The molecule has 1 atom stereocenters. The Bertz CT molecular complexity index is 364. The Morgan fingerprint density at radius 3 is 2.79 bits per heavy atom. The minimum Gasteiger partial charge on any atom is -0.397 e. The molecule has 1 unspecified atom stereocenters. The van der Waals surface area contributed by atoms with Crippen LogP contribution in [0, 0.1) is 5.92 Å². The molecule has 0 radical (unpaired) electrons. The number of carbonyl (C=O) groups is 1. The van der Waals surface area contributed by atoms with Crippen LogP contribution in [0.5, 0.6) is 0 Å². The third-order valence-electron chi connectivity index (χ3n) is 2.38. The number of nitrogen functional groups attached to an aromatic ring is 1. The lowest BCUT2D eigenvalue weighted by atomic mass is 10.2. The van der Waals surface area contributed by atoms with Gasteiger partial charge in [-0.2, -0.15) is 0 Å². The van der Waals surface area contributed by atoms with Crippen LogP contribution in [0.1, 0.15) is 6.92 Å². The summed E-state index contributed by atoms with van der Waals surface area (Å²) < 4.78 is 0. The monoisotopic (exact) mass is 191 g/mol. The van der Waals surface area contributed by atoms with E-state index in [1.165, 1.54) is 0 Å². The minimum absolute atomic E-state index is 0.0228. The summed E-state index contributed by atoms with van der Waals surface area (Å²) in [6.07, 6.45) is 0. The number of nitrogens with zero attached hydrogens (tertiary/aromatic N) is 1. The van der Waals surface area contributed by atoms with Crippen LogP contribution in [0.25, 0.3) is 0 Å². The molecule has 0 aliphatic carbocycles. The number of amides is 1. The molecule has 4 heteroatoms. The van der Waals surface area contributed by atoms with Crippen molar-refractivity contribution >= 4 is 17.3 Å². The number of carbonyl (C=O) groups excluding carboxylic acids is 1. The summed E-state index contributed by atoms with van der Waals surface area (Å²) in [4.78, 5) is 11.3. The molecular formula is C10H13N3O. The molecule has 1 saturated heterocycles. The second-order valence-corrected chi connectivity index (χ2v) is 3.55. The lowest BCUT2D eigenvalue weighted by Gasteiger charge is -2.18. The number of benzene rings is 1. The summed E-state index contributed by atoms with van der Waals surface area (Å²) in [5.41, 5.74) is 10.1. The summed E-state index contributed by atoms with van der Waals surface area (Å²) in [5, 5.41) is 1.79. The summed E-state index contributed by atoms with van der Waals surface area (Å²) in [7, 11) is 0. The van der Waals surface area contributed by atoms with Crippen molar-refractivity contribution in [2.24, 2.45) is 5.92 Å². The first-order valence-corrected chi connectivity index (χ1v) is 4.61. The Morgan fingerprint density at radius 2 is 2.21 bits per heavy atom. The second kappa shape index (κ2) is 3.21. The fourth-order valence-corrected chi connectivity index (χ4v) is 1.54. The standard InChI is InChI=1S/C10H13N3O/c1-7-6-13(12-10(7)14)9-5-3-2-4-8(9)11/h2-5,7H,6,11H2,1H3,(H,12,14). The predicted octanol–water partition coefficient (Wildman–Crippen LogP) is 0.756. The normalized spacial score (nSPS) is 21.1. The molecule has 0 aromatic heterocycles. The molecule has 0 saturated carbocycles. The van der Waals surface area contributed by atoms with E-state index >= 15 is 0 Å². The smallest absolute Gasteiger partial charge is 0.243 e. The van der Waals surface area contributed by atoms with Crippen LogP contribution in [0.2, 0.25) is 0 Å². The Balaban J connectivity index is 2.25. The van der Waals surface area contributed by atoms with Gasteiger partial charge in [-0.15, -0.1) is 0 Å². The van der Waals surface area contributed by atoms with Crippen LogP contribution in [0.3, 0.4) is 0 Å². The lowest BCUT2D eigenvalue weighted by molar-refractivity contribution is -0.121. The third kappa shape index (κ3) is 1.39. The van der Waals surface area contributed by atoms with Gasteiger partial charge in [-0.05, 0) is 12.1 Å². The van der Waals surface area contributed by atoms with E-state index in [-0.39, 0.29) is 11.8 Å². The molecule has 2 rings (SSSR count). The van der Waals surface area contributed by atoms with Gasteiger partial charge in [0.05, 0.1) is 23.8 Å². The highest BCUT2D eigenvalue weighted by Gasteiger charge is 2.27. The molecule has 3 N–H and O–H groups in total. The zero-order chi connectivity index (χ0) is 10.1. The van der Waals surface area contributed by atoms with Gasteiger partial charge in [-0.25, -0.2) is 0 Å². The van der Waals surface area contributed by atoms with Gasteiger partial charge in [0.25, 0.3) is 0 Å². The lowest BCUT2D eigenvalue weighted by Crippen LogP contribution is -2.33. The van der Waals surface area contributed by atoms with Crippen LogP contribution in [0.15, 0.2) is 24.3 Å². The number of hydrogen-bond donors (Lipinski definition) is 2. The Hall–Kier alpha value is -1.71. The SMILES string of the molecule is CC1CN(c2ccccc2N)NC1=O. The maximum Gasteiger partial charge on any atom is 0.243 e. The maximum atomic E-state index is 11.3. The van der Waals surface area contributed by atoms with Gasteiger partial charge in [0.1, 0.15) is 0 Å². The van der Waals surface area contributed by atoms with E-state index in [2.05, 4.69) is 5.43 Å². The van der Waals surface area contributed by atoms with Gasteiger partial charge in [0, 0.05) is 0 Å². The number of para-hydroxylation sites is 2. The van der Waals surface area contributed by atoms with Crippen LogP contribution in [-0.4, -0.2) is 12.5 Å². The summed E-state index contributed by atoms with van der Waals surface area (Å²) >= 11 is 0. The van der Waals surface area contributed by atoms with Gasteiger partial charge < -0.3 is 5.73 Å². The molecule has 1 aliphatic heterocycles. The quantitative estimate of drug-likeness (QED) is 0.644.